The Labute approximate surface area is 152 Å². The van der Waals surface area contributed by atoms with Gasteiger partial charge in [0, 0.05) is 37.6 Å². The van der Waals surface area contributed by atoms with Crippen molar-refractivity contribution in [3.05, 3.63) is 47.9 Å². The van der Waals surface area contributed by atoms with E-state index >= 15 is 0 Å². The van der Waals surface area contributed by atoms with Gasteiger partial charge < -0.3 is 16.0 Å². The molecule has 0 unspecified atom stereocenters. The van der Waals surface area contributed by atoms with Crippen LogP contribution in [-0.2, 0) is 12.7 Å². The first-order valence-electron chi connectivity index (χ1n) is 8.30. The molecule has 0 amide bonds. The van der Waals surface area contributed by atoms with E-state index in [0.29, 0.717) is 24.1 Å². The average molecular weight is 375 g/mol. The molecule has 3 N–H and O–H groups in total. The molecular formula is C17H16F3N7. The van der Waals surface area contributed by atoms with Crippen LogP contribution in [0.25, 0.3) is 11.0 Å². The van der Waals surface area contributed by atoms with Crippen LogP contribution < -0.4 is 16.0 Å². The number of alkyl halides is 3. The lowest BCUT2D eigenvalue weighted by Gasteiger charge is -2.38. The van der Waals surface area contributed by atoms with Crippen LogP contribution in [0.1, 0.15) is 11.3 Å². The maximum Gasteiger partial charge on any atom is 0.433 e. The zero-order valence-electron chi connectivity index (χ0n) is 14.1. The van der Waals surface area contributed by atoms with Crippen LogP contribution in [0, 0.1) is 0 Å². The summed E-state index contributed by atoms with van der Waals surface area (Å²) in [5, 5.41) is 3.71. The summed E-state index contributed by atoms with van der Waals surface area (Å²) in [6.45, 7) is 1.20. The maximum atomic E-state index is 13.3. The van der Waals surface area contributed by atoms with Gasteiger partial charge in [0.05, 0.1) is 11.4 Å². The number of hydrogen-bond acceptors (Lipinski definition) is 7. The molecule has 0 atom stereocenters. The molecule has 3 aromatic heterocycles. The van der Waals surface area contributed by atoms with Gasteiger partial charge in [-0.25, -0.2) is 4.98 Å². The Bertz CT molecular complexity index is 972. The van der Waals surface area contributed by atoms with E-state index in [1.165, 1.54) is 12.1 Å². The molecule has 7 nitrogen and oxygen atoms in total. The van der Waals surface area contributed by atoms with Crippen LogP contribution in [0.4, 0.5) is 24.9 Å². The van der Waals surface area contributed by atoms with Crippen molar-refractivity contribution in [1.29, 1.82) is 0 Å². The molecule has 10 heteroatoms. The van der Waals surface area contributed by atoms with Crippen LogP contribution in [0.3, 0.4) is 0 Å². The van der Waals surface area contributed by atoms with E-state index in [-0.39, 0.29) is 29.9 Å². The van der Waals surface area contributed by atoms with Gasteiger partial charge in [0.1, 0.15) is 11.5 Å². The monoisotopic (exact) mass is 375 g/mol. The fourth-order valence-electron chi connectivity index (χ4n) is 2.96. The Kier molecular flexibility index (Phi) is 4.27. The van der Waals surface area contributed by atoms with Crippen molar-refractivity contribution < 1.29 is 13.2 Å². The van der Waals surface area contributed by atoms with E-state index in [0.717, 1.165) is 6.20 Å². The minimum Gasteiger partial charge on any atom is -0.383 e. The van der Waals surface area contributed by atoms with Crippen LogP contribution in [0.2, 0.25) is 0 Å². The number of fused-ring (bicyclic) bond motifs is 1. The molecule has 4 heterocycles. The van der Waals surface area contributed by atoms with E-state index in [1.54, 1.807) is 23.2 Å². The number of aromatic nitrogens is 4. The number of nitrogen functional groups attached to an aromatic ring is 1. The Balaban J connectivity index is 1.76. The molecule has 27 heavy (non-hydrogen) atoms. The highest BCUT2D eigenvalue weighted by Crippen LogP contribution is 2.32. The lowest BCUT2D eigenvalue weighted by molar-refractivity contribution is -0.141. The molecule has 4 rings (SSSR count). The minimum absolute atomic E-state index is 0.0349. The summed E-state index contributed by atoms with van der Waals surface area (Å²) in [6, 6.07) is 6.32. The molecule has 0 aliphatic carbocycles. The summed E-state index contributed by atoms with van der Waals surface area (Å²) in [5.41, 5.74) is 5.57. The van der Waals surface area contributed by atoms with Crippen molar-refractivity contribution in [3.63, 3.8) is 0 Å². The molecule has 1 fully saturated rings. The van der Waals surface area contributed by atoms with Gasteiger partial charge in [-0.3, -0.25) is 4.98 Å². The Morgan fingerprint density at radius 2 is 1.85 bits per heavy atom. The second-order valence-electron chi connectivity index (χ2n) is 6.23. The summed E-state index contributed by atoms with van der Waals surface area (Å²) in [5.74, 6) is 0.491. The third kappa shape index (κ3) is 3.35. The first-order valence-corrected chi connectivity index (χ1v) is 8.30. The lowest BCUT2D eigenvalue weighted by atomic mass is 10.1. The number of nitrogens with one attached hydrogen (secondary N) is 1. The summed E-state index contributed by atoms with van der Waals surface area (Å²) in [4.78, 5) is 18.2. The lowest BCUT2D eigenvalue weighted by Crippen LogP contribution is -2.57. The molecule has 0 bridgehead atoms. The van der Waals surface area contributed by atoms with Gasteiger partial charge in [0.15, 0.2) is 5.65 Å². The van der Waals surface area contributed by atoms with Crippen LogP contribution in [0.5, 0.6) is 0 Å². The topological polar surface area (TPSA) is 92.8 Å². The van der Waals surface area contributed by atoms with Crippen LogP contribution in [-0.4, -0.2) is 39.1 Å². The standard InChI is InChI=1S/C17H16F3N7/c18-17(19,20)13-10(3-1-5-23-13)9-27(11-7-22-8-11)16-25-14(21)12-4-2-6-24-15(12)26-16/h1-6,11,22H,7-9H2,(H2,21,24,25,26). The highest BCUT2D eigenvalue weighted by atomic mass is 19.4. The number of rotatable bonds is 4. The fourth-order valence-corrected chi connectivity index (χ4v) is 2.96. The molecule has 140 valence electrons. The molecule has 0 radical (unpaired) electrons. The van der Waals surface area contributed by atoms with E-state index in [1.807, 2.05) is 0 Å². The van der Waals surface area contributed by atoms with Gasteiger partial charge >= 0.3 is 6.18 Å². The van der Waals surface area contributed by atoms with Crippen molar-refractivity contribution in [1.82, 2.24) is 25.3 Å². The molecule has 1 aliphatic rings. The molecule has 0 saturated carbocycles. The average Bonchev–Trinajstić information content (AvgIpc) is 2.59. The normalized spacial score (nSPS) is 14.9. The second kappa shape index (κ2) is 6.62. The number of pyridine rings is 2. The zero-order valence-corrected chi connectivity index (χ0v) is 14.1. The van der Waals surface area contributed by atoms with Crippen molar-refractivity contribution in [2.24, 2.45) is 0 Å². The zero-order chi connectivity index (χ0) is 19.0. The number of hydrogen-bond donors (Lipinski definition) is 2. The third-order valence-corrected chi connectivity index (χ3v) is 4.45. The van der Waals surface area contributed by atoms with Crippen molar-refractivity contribution in [2.45, 2.75) is 18.8 Å². The molecule has 1 saturated heterocycles. The number of halogens is 3. The molecule has 0 spiro atoms. The van der Waals surface area contributed by atoms with Gasteiger partial charge in [0.2, 0.25) is 5.95 Å². The Hall–Kier alpha value is -3.01. The fraction of sp³-hybridized carbons (Fsp3) is 0.294. The predicted molar refractivity (Wildman–Crippen MR) is 93.8 cm³/mol. The Morgan fingerprint density at radius 1 is 1.11 bits per heavy atom. The highest BCUT2D eigenvalue weighted by molar-refractivity contribution is 5.86. The van der Waals surface area contributed by atoms with Gasteiger partial charge in [-0.2, -0.15) is 23.1 Å². The van der Waals surface area contributed by atoms with Crippen molar-refractivity contribution >= 4 is 22.8 Å². The minimum atomic E-state index is -4.54. The van der Waals surface area contributed by atoms with E-state index in [4.69, 9.17) is 5.73 Å². The largest absolute Gasteiger partial charge is 0.433 e. The van der Waals surface area contributed by atoms with Gasteiger partial charge in [0.25, 0.3) is 0 Å². The molecule has 3 aromatic rings. The quantitative estimate of drug-likeness (QED) is 0.720. The molecular weight excluding hydrogens is 359 g/mol. The smallest absolute Gasteiger partial charge is 0.383 e. The predicted octanol–water partition coefficient (Wildman–Crippen LogP) is 2.00. The van der Waals surface area contributed by atoms with E-state index in [9.17, 15) is 13.2 Å². The molecule has 0 aromatic carbocycles. The number of anilines is 2. The van der Waals surface area contributed by atoms with Gasteiger partial charge in [-0.05, 0) is 18.2 Å². The molecule has 1 aliphatic heterocycles. The van der Waals surface area contributed by atoms with Crippen molar-refractivity contribution in [3.8, 4) is 0 Å². The Morgan fingerprint density at radius 3 is 2.56 bits per heavy atom. The number of nitrogens with two attached hydrogens (primary N) is 1. The first kappa shape index (κ1) is 17.4. The van der Waals surface area contributed by atoms with Crippen molar-refractivity contribution in [2.75, 3.05) is 23.7 Å². The number of nitrogens with zero attached hydrogens (tertiary/aromatic N) is 5. The van der Waals surface area contributed by atoms with E-state index < -0.39 is 11.9 Å². The second-order valence-corrected chi connectivity index (χ2v) is 6.23. The van der Waals surface area contributed by atoms with E-state index in [2.05, 4.69) is 25.3 Å². The summed E-state index contributed by atoms with van der Waals surface area (Å²) in [7, 11) is 0. The van der Waals surface area contributed by atoms with Gasteiger partial charge in [-0.1, -0.05) is 6.07 Å². The highest BCUT2D eigenvalue weighted by Gasteiger charge is 2.37. The first-order chi connectivity index (χ1) is 12.9. The SMILES string of the molecule is Nc1nc(N(Cc2cccnc2C(F)(F)F)C2CNC2)nc2ncccc12. The summed E-state index contributed by atoms with van der Waals surface area (Å²) in [6.07, 6.45) is -1.82. The maximum absolute atomic E-state index is 13.3. The summed E-state index contributed by atoms with van der Waals surface area (Å²) >= 11 is 0. The third-order valence-electron chi connectivity index (χ3n) is 4.45. The van der Waals surface area contributed by atoms with Crippen LogP contribution in [0.15, 0.2) is 36.7 Å². The summed E-state index contributed by atoms with van der Waals surface area (Å²) < 4.78 is 39.9. The van der Waals surface area contributed by atoms with Crippen LogP contribution >= 0.6 is 0 Å². The van der Waals surface area contributed by atoms with Gasteiger partial charge in [-0.15, -0.1) is 0 Å².